The average molecular weight is 140 g/mol. The second kappa shape index (κ2) is 2.21. The lowest BCUT2D eigenvalue weighted by atomic mass is 9.99. The summed E-state index contributed by atoms with van der Waals surface area (Å²) in [6, 6.07) is 0.532. The molecular weight excluding hydrogens is 128 g/mol. The zero-order chi connectivity index (χ0) is 6.97. The fraction of sp³-hybridized carbons (Fsp3) is 0.833. The minimum Gasteiger partial charge on any atom is -0.301 e. The molecule has 10 heavy (non-hydrogen) atoms. The molecule has 0 bridgehead atoms. The highest BCUT2D eigenvalue weighted by atomic mass is 15.4. The fourth-order valence-electron chi connectivity index (χ4n) is 1.45. The molecule has 0 aromatic rings. The highest BCUT2D eigenvalue weighted by Crippen LogP contribution is 2.12. The number of nitrogens with one attached hydrogen (secondary N) is 3. The maximum absolute atomic E-state index is 4.00. The van der Waals surface area contributed by atoms with E-state index >= 15 is 0 Å². The summed E-state index contributed by atoms with van der Waals surface area (Å²) in [6.45, 7) is 3.05. The zero-order valence-electron chi connectivity index (χ0n) is 5.96. The third-order valence-corrected chi connectivity index (χ3v) is 2.17. The van der Waals surface area contributed by atoms with Crippen LogP contribution in [0.4, 0.5) is 0 Å². The van der Waals surface area contributed by atoms with Crippen molar-refractivity contribution >= 4 is 6.21 Å². The summed E-state index contributed by atoms with van der Waals surface area (Å²) >= 11 is 0. The smallest absolute Gasteiger partial charge is 0.104 e. The molecule has 1 fully saturated rings. The average Bonchev–Trinajstić information content (AvgIpc) is 2.36. The maximum Gasteiger partial charge on any atom is 0.104 e. The van der Waals surface area contributed by atoms with Crippen LogP contribution in [0.1, 0.15) is 6.92 Å². The third kappa shape index (κ3) is 0.803. The minimum absolute atomic E-state index is 0.358. The normalized spacial score (nSPS) is 44.7. The lowest BCUT2D eigenvalue weighted by Gasteiger charge is -2.31. The predicted octanol–water partition coefficient (Wildman–Crippen LogP) is -0.943. The van der Waals surface area contributed by atoms with Gasteiger partial charge in [-0.3, -0.25) is 10.7 Å². The Kier molecular flexibility index (Phi) is 1.35. The summed E-state index contributed by atoms with van der Waals surface area (Å²) in [7, 11) is 0. The summed E-state index contributed by atoms with van der Waals surface area (Å²) in [4.78, 5) is 0. The van der Waals surface area contributed by atoms with Crippen LogP contribution in [0.5, 0.6) is 0 Å². The van der Waals surface area contributed by atoms with E-state index in [9.17, 15) is 0 Å². The van der Waals surface area contributed by atoms with Crippen molar-refractivity contribution < 1.29 is 0 Å². The van der Waals surface area contributed by atoms with Gasteiger partial charge in [-0.15, -0.1) is 0 Å². The second-order valence-corrected chi connectivity index (χ2v) is 2.84. The van der Waals surface area contributed by atoms with E-state index in [0.717, 1.165) is 6.67 Å². The number of fused-ring (bicyclic) bond motifs is 1. The molecule has 4 nitrogen and oxygen atoms in total. The molecular formula is C6H12N4. The van der Waals surface area contributed by atoms with Gasteiger partial charge in [-0.1, -0.05) is 0 Å². The van der Waals surface area contributed by atoms with Crippen molar-refractivity contribution in [2.75, 3.05) is 6.67 Å². The molecule has 0 radical (unpaired) electrons. The van der Waals surface area contributed by atoms with Crippen molar-refractivity contribution in [2.24, 2.45) is 11.0 Å². The Hall–Kier alpha value is -0.610. The van der Waals surface area contributed by atoms with Crippen LogP contribution >= 0.6 is 0 Å². The highest BCUT2D eigenvalue weighted by Gasteiger charge is 2.31. The zero-order valence-corrected chi connectivity index (χ0v) is 5.96. The van der Waals surface area contributed by atoms with Gasteiger partial charge in [-0.25, -0.2) is 0 Å². The van der Waals surface area contributed by atoms with Gasteiger partial charge in [-0.2, -0.15) is 5.10 Å². The molecule has 2 rings (SSSR count). The van der Waals surface area contributed by atoms with Crippen LogP contribution < -0.4 is 16.1 Å². The predicted molar refractivity (Wildman–Crippen MR) is 39.5 cm³/mol. The molecule has 0 saturated carbocycles. The molecule has 2 heterocycles. The lowest BCUT2D eigenvalue weighted by molar-refractivity contribution is 0.266. The van der Waals surface area contributed by atoms with E-state index < -0.39 is 0 Å². The van der Waals surface area contributed by atoms with Gasteiger partial charge in [0, 0.05) is 24.8 Å². The molecule has 0 spiro atoms. The highest BCUT2D eigenvalue weighted by molar-refractivity contribution is 5.64. The Morgan fingerprint density at radius 2 is 2.40 bits per heavy atom. The van der Waals surface area contributed by atoms with E-state index in [4.69, 9.17) is 0 Å². The SMILES string of the molecule is CC1NCNC2NN=CC12. The van der Waals surface area contributed by atoms with Gasteiger partial charge in [0.1, 0.15) is 6.17 Å². The standard InChI is InChI=1S/C6H12N4/c1-4-5-2-9-10-6(5)8-3-7-4/h2,4-8,10H,3H2,1H3. The molecule has 0 aromatic heterocycles. The first kappa shape index (κ1) is 6.12. The van der Waals surface area contributed by atoms with E-state index in [0.29, 0.717) is 18.1 Å². The van der Waals surface area contributed by atoms with Crippen LogP contribution in [0.25, 0.3) is 0 Å². The first-order valence-electron chi connectivity index (χ1n) is 3.63. The summed E-state index contributed by atoms with van der Waals surface area (Å²) in [6.07, 6.45) is 2.32. The van der Waals surface area contributed by atoms with Crippen molar-refractivity contribution in [3.8, 4) is 0 Å². The van der Waals surface area contributed by atoms with Crippen molar-refractivity contribution in [1.29, 1.82) is 0 Å². The number of nitrogens with zero attached hydrogens (tertiary/aromatic N) is 1. The largest absolute Gasteiger partial charge is 0.301 e. The van der Waals surface area contributed by atoms with E-state index in [2.05, 4.69) is 28.1 Å². The third-order valence-electron chi connectivity index (χ3n) is 2.17. The van der Waals surface area contributed by atoms with E-state index in [1.807, 2.05) is 6.21 Å². The molecule has 2 aliphatic heterocycles. The summed E-state index contributed by atoms with van der Waals surface area (Å²) in [5, 5.41) is 10.6. The second-order valence-electron chi connectivity index (χ2n) is 2.84. The summed E-state index contributed by atoms with van der Waals surface area (Å²) in [5.41, 5.74) is 3.01. The first-order valence-corrected chi connectivity index (χ1v) is 3.63. The van der Waals surface area contributed by atoms with Crippen molar-refractivity contribution in [2.45, 2.75) is 19.1 Å². The Morgan fingerprint density at radius 1 is 1.50 bits per heavy atom. The van der Waals surface area contributed by atoms with E-state index in [1.54, 1.807) is 0 Å². The molecule has 0 amide bonds. The van der Waals surface area contributed by atoms with Gasteiger partial charge in [0.15, 0.2) is 0 Å². The van der Waals surface area contributed by atoms with Crippen LogP contribution in [0, 0.1) is 5.92 Å². The molecule has 3 atom stereocenters. The molecule has 56 valence electrons. The molecule has 3 N–H and O–H groups in total. The Morgan fingerprint density at radius 3 is 3.20 bits per heavy atom. The van der Waals surface area contributed by atoms with Crippen LogP contribution in [-0.4, -0.2) is 25.1 Å². The van der Waals surface area contributed by atoms with Gasteiger partial charge in [0.2, 0.25) is 0 Å². The summed E-state index contributed by atoms with van der Waals surface area (Å²) < 4.78 is 0. The van der Waals surface area contributed by atoms with Gasteiger partial charge in [0.25, 0.3) is 0 Å². The Labute approximate surface area is 60.1 Å². The minimum atomic E-state index is 0.358. The molecule has 1 saturated heterocycles. The first-order chi connectivity index (χ1) is 4.88. The lowest BCUT2D eigenvalue weighted by Crippen LogP contribution is -2.58. The van der Waals surface area contributed by atoms with E-state index in [1.165, 1.54) is 0 Å². The van der Waals surface area contributed by atoms with Gasteiger partial charge in [-0.05, 0) is 6.92 Å². The monoisotopic (exact) mass is 140 g/mol. The van der Waals surface area contributed by atoms with Gasteiger partial charge in [0.05, 0.1) is 0 Å². The fourth-order valence-corrected chi connectivity index (χ4v) is 1.45. The number of hydrogen-bond donors (Lipinski definition) is 3. The van der Waals surface area contributed by atoms with Crippen molar-refractivity contribution in [3.63, 3.8) is 0 Å². The van der Waals surface area contributed by atoms with Crippen LogP contribution in [-0.2, 0) is 0 Å². The Balaban J connectivity index is 2.08. The Bertz CT molecular complexity index is 156. The summed E-state index contributed by atoms with van der Waals surface area (Å²) in [5.74, 6) is 0.508. The number of hydrazone groups is 1. The topological polar surface area (TPSA) is 48.4 Å². The van der Waals surface area contributed by atoms with Crippen molar-refractivity contribution in [1.82, 2.24) is 16.1 Å². The van der Waals surface area contributed by atoms with Crippen LogP contribution in [0.15, 0.2) is 5.10 Å². The van der Waals surface area contributed by atoms with Crippen LogP contribution in [0.3, 0.4) is 0 Å². The molecule has 2 aliphatic rings. The number of hydrogen-bond acceptors (Lipinski definition) is 4. The number of rotatable bonds is 0. The quantitative estimate of drug-likeness (QED) is 0.407. The van der Waals surface area contributed by atoms with Crippen LogP contribution in [0.2, 0.25) is 0 Å². The van der Waals surface area contributed by atoms with Crippen molar-refractivity contribution in [3.05, 3.63) is 0 Å². The molecule has 0 aliphatic carbocycles. The molecule has 0 aromatic carbocycles. The van der Waals surface area contributed by atoms with Gasteiger partial charge >= 0.3 is 0 Å². The van der Waals surface area contributed by atoms with E-state index in [-0.39, 0.29) is 0 Å². The molecule has 4 heteroatoms. The molecule has 3 unspecified atom stereocenters. The maximum atomic E-state index is 4.00. The van der Waals surface area contributed by atoms with Gasteiger partial charge < -0.3 is 5.32 Å².